The van der Waals surface area contributed by atoms with Crippen LogP contribution in [0.1, 0.15) is 24.8 Å². The molecule has 4 nitrogen and oxygen atoms in total. The number of aliphatic hydroxyl groups excluding tert-OH is 1. The molecule has 2 atom stereocenters. The van der Waals surface area contributed by atoms with Crippen LogP contribution in [-0.4, -0.2) is 31.2 Å². The minimum atomic E-state index is -0.867. The lowest BCUT2D eigenvalue weighted by atomic mass is 9.74. The number of ether oxygens (including phenoxy) is 1. The zero-order valence-corrected chi connectivity index (χ0v) is 10.8. The second-order valence-electron chi connectivity index (χ2n) is 4.66. The number of aliphatic hydroxyl groups is 1. The number of ketones is 1. The van der Waals surface area contributed by atoms with Crippen LogP contribution in [0.15, 0.2) is 24.3 Å². The van der Waals surface area contributed by atoms with Crippen molar-refractivity contribution in [2.75, 3.05) is 14.2 Å². The number of Topliss-reactive ketones (excluding diaryl/α,β-unsaturated/α-hetero) is 1. The molecular formula is C14H19NO3. The fourth-order valence-corrected chi connectivity index (χ4v) is 2.65. The fraction of sp³-hybridized carbons (Fsp3) is 0.500. The van der Waals surface area contributed by atoms with Crippen molar-refractivity contribution in [3.8, 4) is 5.75 Å². The van der Waals surface area contributed by atoms with Gasteiger partial charge in [-0.3, -0.25) is 4.79 Å². The summed E-state index contributed by atoms with van der Waals surface area (Å²) in [6.07, 6.45) is 1.23. The first-order chi connectivity index (χ1) is 8.64. The summed E-state index contributed by atoms with van der Waals surface area (Å²) in [6.45, 7) is 0. The summed E-state index contributed by atoms with van der Waals surface area (Å²) in [5, 5.41) is 12.9. The van der Waals surface area contributed by atoms with Crippen LogP contribution in [0.4, 0.5) is 0 Å². The molecule has 0 unspecified atom stereocenters. The number of hydrogen-bond donors (Lipinski definition) is 2. The zero-order valence-electron chi connectivity index (χ0n) is 10.8. The smallest absolute Gasteiger partial charge is 0.185 e. The molecule has 0 aliphatic heterocycles. The van der Waals surface area contributed by atoms with E-state index < -0.39 is 11.6 Å². The summed E-state index contributed by atoms with van der Waals surface area (Å²) < 4.78 is 5.12. The molecule has 0 aromatic heterocycles. The highest BCUT2D eigenvalue weighted by Crippen LogP contribution is 2.35. The molecule has 2 N–H and O–H groups in total. The summed E-state index contributed by atoms with van der Waals surface area (Å²) in [5.41, 5.74) is 0.124. The second kappa shape index (κ2) is 5.08. The second-order valence-corrected chi connectivity index (χ2v) is 4.66. The molecule has 1 aliphatic rings. The van der Waals surface area contributed by atoms with Gasteiger partial charge in [-0.05, 0) is 44.0 Å². The molecule has 18 heavy (non-hydrogen) atoms. The number of nitrogens with one attached hydrogen (secondary N) is 1. The molecule has 0 radical (unpaired) electrons. The van der Waals surface area contributed by atoms with E-state index in [1.54, 1.807) is 14.2 Å². The molecule has 98 valence electrons. The summed E-state index contributed by atoms with van der Waals surface area (Å²) in [6, 6.07) is 7.43. The lowest BCUT2D eigenvalue weighted by Crippen LogP contribution is -2.54. The number of carbonyl (C=O) groups excluding carboxylic acids is 1. The Morgan fingerprint density at radius 3 is 2.61 bits per heavy atom. The highest BCUT2D eigenvalue weighted by molar-refractivity contribution is 5.93. The molecule has 1 aromatic carbocycles. The van der Waals surface area contributed by atoms with Gasteiger partial charge in [0.15, 0.2) is 5.78 Å². The van der Waals surface area contributed by atoms with Gasteiger partial charge in [0, 0.05) is 0 Å². The maximum Gasteiger partial charge on any atom is 0.185 e. The Morgan fingerprint density at radius 1 is 1.39 bits per heavy atom. The van der Waals surface area contributed by atoms with Crippen LogP contribution in [0, 0.1) is 0 Å². The van der Waals surface area contributed by atoms with Gasteiger partial charge >= 0.3 is 0 Å². The fourth-order valence-electron chi connectivity index (χ4n) is 2.65. The Hall–Kier alpha value is -1.39. The Morgan fingerprint density at radius 2 is 2.06 bits per heavy atom. The lowest BCUT2D eigenvalue weighted by molar-refractivity contribution is -0.137. The van der Waals surface area contributed by atoms with Gasteiger partial charge < -0.3 is 15.2 Å². The van der Waals surface area contributed by atoms with E-state index in [0.29, 0.717) is 12.8 Å². The molecule has 2 rings (SSSR count). The maximum atomic E-state index is 12.3. The van der Waals surface area contributed by atoms with Gasteiger partial charge in [-0.2, -0.15) is 0 Å². The Kier molecular flexibility index (Phi) is 3.68. The molecule has 0 saturated heterocycles. The van der Waals surface area contributed by atoms with Crippen LogP contribution in [0.2, 0.25) is 0 Å². The third kappa shape index (κ3) is 2.02. The van der Waals surface area contributed by atoms with Crippen LogP contribution < -0.4 is 10.1 Å². The van der Waals surface area contributed by atoms with Crippen LogP contribution in [0.3, 0.4) is 0 Å². The zero-order chi connectivity index (χ0) is 13.2. The molecular weight excluding hydrogens is 230 g/mol. The number of methoxy groups -OCH3 is 1. The van der Waals surface area contributed by atoms with Crippen molar-refractivity contribution in [2.24, 2.45) is 0 Å². The van der Waals surface area contributed by atoms with Gasteiger partial charge in [0.25, 0.3) is 0 Å². The number of rotatable bonds is 3. The summed E-state index contributed by atoms with van der Waals surface area (Å²) in [7, 11) is 3.37. The Bertz CT molecular complexity index is 429. The van der Waals surface area contributed by atoms with E-state index in [4.69, 9.17) is 4.74 Å². The van der Waals surface area contributed by atoms with Crippen molar-refractivity contribution >= 4 is 5.78 Å². The predicted molar refractivity (Wildman–Crippen MR) is 68.6 cm³/mol. The molecule has 1 fully saturated rings. The number of benzene rings is 1. The quantitative estimate of drug-likeness (QED) is 0.845. The predicted octanol–water partition coefficient (Wildman–Crippen LogP) is 1.22. The molecule has 1 aliphatic carbocycles. The first kappa shape index (κ1) is 13.1. The van der Waals surface area contributed by atoms with Crippen LogP contribution in [0.25, 0.3) is 0 Å². The monoisotopic (exact) mass is 249 g/mol. The molecule has 0 heterocycles. The van der Waals surface area contributed by atoms with E-state index >= 15 is 0 Å². The number of carbonyl (C=O) groups is 1. The van der Waals surface area contributed by atoms with E-state index in [-0.39, 0.29) is 5.78 Å². The van der Waals surface area contributed by atoms with Gasteiger partial charge in [-0.15, -0.1) is 0 Å². The van der Waals surface area contributed by atoms with E-state index in [2.05, 4.69) is 5.32 Å². The van der Waals surface area contributed by atoms with Crippen molar-refractivity contribution in [1.29, 1.82) is 0 Å². The maximum absolute atomic E-state index is 12.3. The van der Waals surface area contributed by atoms with Crippen molar-refractivity contribution < 1.29 is 14.6 Å². The first-order valence-corrected chi connectivity index (χ1v) is 6.20. The SMILES string of the molecule is CN[C@@]1(c2ccc(OC)cc2)CCC[C@@H](O)C1=O. The topological polar surface area (TPSA) is 58.6 Å². The highest BCUT2D eigenvalue weighted by Gasteiger charge is 2.44. The van der Waals surface area contributed by atoms with Gasteiger partial charge in [0.1, 0.15) is 17.4 Å². The molecule has 0 amide bonds. The van der Waals surface area contributed by atoms with Crippen molar-refractivity contribution in [3.63, 3.8) is 0 Å². The van der Waals surface area contributed by atoms with E-state index in [9.17, 15) is 9.90 Å². The minimum absolute atomic E-state index is 0.138. The van der Waals surface area contributed by atoms with Gasteiger partial charge in [-0.1, -0.05) is 12.1 Å². The molecule has 4 heteroatoms. The van der Waals surface area contributed by atoms with Crippen LogP contribution in [0.5, 0.6) is 5.75 Å². The summed E-state index contributed by atoms with van der Waals surface area (Å²) in [4.78, 5) is 12.3. The molecule has 1 aromatic rings. The third-order valence-corrected chi connectivity index (χ3v) is 3.76. The highest BCUT2D eigenvalue weighted by atomic mass is 16.5. The summed E-state index contributed by atoms with van der Waals surface area (Å²) in [5.74, 6) is 0.621. The average molecular weight is 249 g/mol. The largest absolute Gasteiger partial charge is 0.497 e. The first-order valence-electron chi connectivity index (χ1n) is 6.20. The van der Waals surface area contributed by atoms with Gasteiger partial charge in [-0.25, -0.2) is 0 Å². The van der Waals surface area contributed by atoms with Gasteiger partial charge in [0.2, 0.25) is 0 Å². The Labute approximate surface area is 107 Å². The standard InChI is InChI=1S/C14H19NO3/c1-15-14(9-3-4-12(16)13(14)17)10-5-7-11(18-2)8-6-10/h5-8,12,15-16H,3-4,9H2,1-2H3/t12-,14-/m1/s1. The molecule has 1 saturated carbocycles. The van der Waals surface area contributed by atoms with E-state index in [1.807, 2.05) is 24.3 Å². The Balaban J connectivity index is 2.38. The normalized spacial score (nSPS) is 28.2. The minimum Gasteiger partial charge on any atom is -0.497 e. The van der Waals surface area contributed by atoms with E-state index in [1.165, 1.54) is 0 Å². The van der Waals surface area contributed by atoms with Crippen molar-refractivity contribution in [3.05, 3.63) is 29.8 Å². The molecule has 0 bridgehead atoms. The number of likely N-dealkylation sites (N-methyl/N-ethyl adjacent to an activating group) is 1. The average Bonchev–Trinajstić information content (AvgIpc) is 2.42. The van der Waals surface area contributed by atoms with Crippen molar-refractivity contribution in [1.82, 2.24) is 5.32 Å². The van der Waals surface area contributed by atoms with Crippen LogP contribution >= 0.6 is 0 Å². The lowest BCUT2D eigenvalue weighted by Gasteiger charge is -2.38. The van der Waals surface area contributed by atoms with E-state index in [0.717, 1.165) is 17.7 Å². The summed E-state index contributed by atoms with van der Waals surface area (Å²) >= 11 is 0. The molecule has 0 spiro atoms. The van der Waals surface area contributed by atoms with Crippen LogP contribution in [-0.2, 0) is 10.3 Å². The number of hydrogen-bond acceptors (Lipinski definition) is 4. The third-order valence-electron chi connectivity index (χ3n) is 3.76. The van der Waals surface area contributed by atoms with Gasteiger partial charge in [0.05, 0.1) is 7.11 Å². The van der Waals surface area contributed by atoms with Crippen molar-refractivity contribution in [2.45, 2.75) is 30.9 Å².